The van der Waals surface area contributed by atoms with Crippen LogP contribution in [0, 0.1) is 0 Å². The van der Waals surface area contributed by atoms with Crippen molar-refractivity contribution in [3.8, 4) is 0 Å². The maximum atomic E-state index is 11.2. The molecular formula is C9H13N3O2. The van der Waals surface area contributed by atoms with Crippen LogP contribution >= 0.6 is 0 Å². The molecule has 0 radical (unpaired) electrons. The molecule has 0 aromatic heterocycles. The number of anilines is 2. The summed E-state index contributed by atoms with van der Waals surface area (Å²) < 4.78 is 4.54. The van der Waals surface area contributed by atoms with Gasteiger partial charge in [-0.05, 0) is 17.7 Å². The summed E-state index contributed by atoms with van der Waals surface area (Å²) in [4.78, 5) is 11.2. The van der Waals surface area contributed by atoms with Gasteiger partial charge < -0.3 is 21.9 Å². The topological polar surface area (TPSA) is 104 Å². The van der Waals surface area contributed by atoms with E-state index < -0.39 is 5.97 Å². The number of carbonyl (C=O) groups excluding carboxylic acids is 1. The summed E-state index contributed by atoms with van der Waals surface area (Å²) in [6.45, 7) is 0.289. The smallest absolute Gasteiger partial charge is 0.340 e. The van der Waals surface area contributed by atoms with E-state index in [1.54, 1.807) is 6.07 Å². The van der Waals surface area contributed by atoms with E-state index in [2.05, 4.69) is 4.74 Å². The van der Waals surface area contributed by atoms with E-state index in [0.29, 0.717) is 11.4 Å². The van der Waals surface area contributed by atoms with Crippen LogP contribution in [0.5, 0.6) is 0 Å². The number of hydrogen-bond donors (Lipinski definition) is 3. The minimum absolute atomic E-state index is 0.266. The fraction of sp³-hybridized carbons (Fsp3) is 0.222. The Morgan fingerprint density at radius 3 is 2.50 bits per heavy atom. The molecular weight excluding hydrogens is 182 g/mol. The Morgan fingerprint density at radius 1 is 1.36 bits per heavy atom. The summed E-state index contributed by atoms with van der Waals surface area (Å²) in [5, 5.41) is 0. The van der Waals surface area contributed by atoms with E-state index in [9.17, 15) is 4.79 Å². The van der Waals surface area contributed by atoms with Crippen molar-refractivity contribution in [3.63, 3.8) is 0 Å². The second kappa shape index (κ2) is 3.97. The highest BCUT2D eigenvalue weighted by atomic mass is 16.5. The number of benzene rings is 1. The summed E-state index contributed by atoms with van der Waals surface area (Å²) in [6.07, 6.45) is 0. The lowest BCUT2D eigenvalue weighted by Crippen LogP contribution is -2.09. The summed E-state index contributed by atoms with van der Waals surface area (Å²) in [5.41, 5.74) is 18.5. The molecule has 1 aromatic carbocycles. The standard InChI is InChI=1S/C9H13N3O2/c1-14-9(13)6-3-7(11)5(4-10)2-8(6)12/h2-3H,4,10-12H2,1H3. The summed E-state index contributed by atoms with van der Waals surface area (Å²) in [7, 11) is 1.29. The van der Waals surface area contributed by atoms with E-state index in [-0.39, 0.29) is 12.1 Å². The molecule has 76 valence electrons. The first-order valence-electron chi connectivity index (χ1n) is 4.06. The van der Waals surface area contributed by atoms with Crippen molar-refractivity contribution in [2.24, 2.45) is 5.73 Å². The Morgan fingerprint density at radius 2 is 2.00 bits per heavy atom. The fourth-order valence-electron chi connectivity index (χ4n) is 1.14. The lowest BCUT2D eigenvalue weighted by Gasteiger charge is -2.08. The Labute approximate surface area is 81.8 Å². The highest BCUT2D eigenvalue weighted by Crippen LogP contribution is 2.21. The number of esters is 1. The molecule has 0 aliphatic heterocycles. The molecule has 5 nitrogen and oxygen atoms in total. The van der Waals surface area contributed by atoms with Crippen LogP contribution in [-0.4, -0.2) is 13.1 Å². The Bertz CT molecular complexity index is 363. The SMILES string of the molecule is COC(=O)c1cc(N)c(CN)cc1N. The molecule has 1 rings (SSSR count). The van der Waals surface area contributed by atoms with Crippen LogP contribution < -0.4 is 17.2 Å². The predicted octanol–water partition coefficient (Wildman–Crippen LogP) is 0.0963. The lowest BCUT2D eigenvalue weighted by molar-refractivity contribution is 0.0602. The van der Waals surface area contributed by atoms with Crippen molar-refractivity contribution in [1.82, 2.24) is 0 Å². The monoisotopic (exact) mass is 195 g/mol. The molecule has 0 aliphatic carbocycles. The van der Waals surface area contributed by atoms with Crippen molar-refractivity contribution in [3.05, 3.63) is 23.3 Å². The van der Waals surface area contributed by atoms with Crippen LogP contribution in [0.1, 0.15) is 15.9 Å². The van der Waals surface area contributed by atoms with E-state index in [4.69, 9.17) is 17.2 Å². The van der Waals surface area contributed by atoms with Gasteiger partial charge in [-0.2, -0.15) is 0 Å². The van der Waals surface area contributed by atoms with Crippen LogP contribution in [0.25, 0.3) is 0 Å². The highest BCUT2D eigenvalue weighted by Gasteiger charge is 2.12. The summed E-state index contributed by atoms with van der Waals surface area (Å²) in [5.74, 6) is -0.502. The Balaban J connectivity index is 3.21. The molecule has 0 bridgehead atoms. The molecule has 6 N–H and O–H groups in total. The minimum Gasteiger partial charge on any atom is -0.465 e. The third-order valence-electron chi connectivity index (χ3n) is 1.94. The molecule has 1 aromatic rings. The van der Waals surface area contributed by atoms with Gasteiger partial charge >= 0.3 is 5.97 Å². The van der Waals surface area contributed by atoms with Crippen molar-refractivity contribution >= 4 is 17.3 Å². The first-order valence-corrected chi connectivity index (χ1v) is 4.06. The zero-order chi connectivity index (χ0) is 10.7. The number of rotatable bonds is 2. The minimum atomic E-state index is -0.502. The van der Waals surface area contributed by atoms with Crippen molar-refractivity contribution < 1.29 is 9.53 Å². The number of nitrogens with two attached hydrogens (primary N) is 3. The van der Waals surface area contributed by atoms with Gasteiger partial charge in [0.2, 0.25) is 0 Å². The second-order valence-corrected chi connectivity index (χ2v) is 2.83. The zero-order valence-corrected chi connectivity index (χ0v) is 7.91. The number of nitrogen functional groups attached to an aromatic ring is 2. The van der Waals surface area contributed by atoms with Gasteiger partial charge in [0, 0.05) is 17.9 Å². The van der Waals surface area contributed by atoms with Crippen molar-refractivity contribution in [1.29, 1.82) is 0 Å². The predicted molar refractivity (Wildman–Crippen MR) is 54.5 cm³/mol. The summed E-state index contributed by atoms with van der Waals surface area (Å²) in [6, 6.07) is 3.06. The largest absolute Gasteiger partial charge is 0.465 e. The van der Waals surface area contributed by atoms with E-state index in [1.165, 1.54) is 13.2 Å². The second-order valence-electron chi connectivity index (χ2n) is 2.83. The first-order chi connectivity index (χ1) is 6.60. The van der Waals surface area contributed by atoms with E-state index in [1.807, 2.05) is 0 Å². The average molecular weight is 195 g/mol. The van der Waals surface area contributed by atoms with Gasteiger partial charge in [-0.25, -0.2) is 4.79 Å². The quantitative estimate of drug-likeness (QED) is 0.458. The third kappa shape index (κ3) is 1.77. The number of ether oxygens (including phenoxy) is 1. The van der Waals surface area contributed by atoms with Gasteiger partial charge in [-0.1, -0.05) is 0 Å². The molecule has 0 amide bonds. The molecule has 14 heavy (non-hydrogen) atoms. The average Bonchev–Trinajstić information content (AvgIpc) is 2.19. The first kappa shape index (κ1) is 10.3. The Hall–Kier alpha value is -1.75. The molecule has 0 saturated carbocycles. The molecule has 0 unspecified atom stereocenters. The normalized spacial score (nSPS) is 9.86. The van der Waals surface area contributed by atoms with Crippen LogP contribution in [0.4, 0.5) is 11.4 Å². The molecule has 0 spiro atoms. The molecule has 0 aliphatic rings. The maximum absolute atomic E-state index is 11.2. The molecule has 0 saturated heterocycles. The molecule has 5 heteroatoms. The van der Waals surface area contributed by atoms with Crippen LogP contribution in [-0.2, 0) is 11.3 Å². The van der Waals surface area contributed by atoms with Crippen LogP contribution in [0.3, 0.4) is 0 Å². The van der Waals surface area contributed by atoms with Gasteiger partial charge in [0.05, 0.1) is 12.7 Å². The molecule has 0 atom stereocenters. The Kier molecular flexibility index (Phi) is 2.93. The maximum Gasteiger partial charge on any atom is 0.340 e. The van der Waals surface area contributed by atoms with Crippen molar-refractivity contribution in [2.45, 2.75) is 6.54 Å². The molecule has 0 fully saturated rings. The molecule has 0 heterocycles. The van der Waals surface area contributed by atoms with E-state index in [0.717, 1.165) is 5.56 Å². The van der Waals surface area contributed by atoms with Gasteiger partial charge in [0.25, 0.3) is 0 Å². The van der Waals surface area contributed by atoms with Gasteiger partial charge in [-0.15, -0.1) is 0 Å². The zero-order valence-electron chi connectivity index (χ0n) is 7.91. The van der Waals surface area contributed by atoms with Crippen molar-refractivity contribution in [2.75, 3.05) is 18.6 Å². The number of hydrogen-bond acceptors (Lipinski definition) is 5. The van der Waals surface area contributed by atoms with Crippen LogP contribution in [0.2, 0.25) is 0 Å². The van der Waals surface area contributed by atoms with Gasteiger partial charge in [0.15, 0.2) is 0 Å². The number of carbonyl (C=O) groups is 1. The lowest BCUT2D eigenvalue weighted by atomic mass is 10.1. The third-order valence-corrected chi connectivity index (χ3v) is 1.94. The van der Waals surface area contributed by atoms with Crippen LogP contribution in [0.15, 0.2) is 12.1 Å². The van der Waals surface area contributed by atoms with Gasteiger partial charge in [0.1, 0.15) is 0 Å². The fourth-order valence-corrected chi connectivity index (χ4v) is 1.14. The summed E-state index contributed by atoms with van der Waals surface area (Å²) >= 11 is 0. The van der Waals surface area contributed by atoms with Gasteiger partial charge in [-0.3, -0.25) is 0 Å². The van der Waals surface area contributed by atoms with E-state index >= 15 is 0 Å². The number of methoxy groups -OCH3 is 1. The highest BCUT2D eigenvalue weighted by molar-refractivity contribution is 5.96.